The maximum absolute atomic E-state index is 12.3. The molecule has 0 spiro atoms. The highest BCUT2D eigenvalue weighted by atomic mass is 31.2. The molecule has 0 bridgehead atoms. The Bertz CT molecular complexity index is 757. The van der Waals surface area contributed by atoms with E-state index in [9.17, 15) is 34.2 Å². The zero-order chi connectivity index (χ0) is 21.0. The minimum Gasteiger partial charge on any atom is -0.493 e. The molecular weight excluding hydrogens is 379 g/mol. The number of carboxylic acids is 2. The molecule has 4 N–H and O–H groups in total. The van der Waals surface area contributed by atoms with Crippen LogP contribution in [-0.4, -0.2) is 51.3 Å². The van der Waals surface area contributed by atoms with Gasteiger partial charge < -0.3 is 29.5 Å². The van der Waals surface area contributed by atoms with E-state index in [1.54, 1.807) is 0 Å². The molecule has 9 nitrogen and oxygen atoms in total. The lowest BCUT2D eigenvalue weighted by atomic mass is 9.67. The van der Waals surface area contributed by atoms with Crippen LogP contribution in [0.5, 0.6) is 11.5 Å². The van der Waals surface area contributed by atoms with E-state index >= 15 is 0 Å². The van der Waals surface area contributed by atoms with Gasteiger partial charge in [0.15, 0.2) is 16.7 Å². The van der Waals surface area contributed by atoms with Gasteiger partial charge in [0.2, 0.25) is 0 Å². The third kappa shape index (κ3) is 3.67. The average molecular weight is 404 g/mol. The Morgan fingerprint density at radius 2 is 1.56 bits per heavy atom. The number of carbonyl (C=O) groups is 2. The van der Waals surface area contributed by atoms with Gasteiger partial charge in [-0.1, -0.05) is 19.9 Å². The number of hydrogen-bond acceptors (Lipinski definition) is 5. The predicted octanol–water partition coefficient (Wildman–Crippen LogP) is 2.14. The average Bonchev–Trinajstić information content (AvgIpc) is 2.59. The summed E-state index contributed by atoms with van der Waals surface area (Å²) < 4.78 is 22.5. The van der Waals surface area contributed by atoms with Crippen molar-refractivity contribution in [2.24, 2.45) is 5.41 Å². The maximum atomic E-state index is 12.3. The molecule has 0 saturated carbocycles. The number of aliphatic carboxylic acids is 2. The maximum Gasteiger partial charge on any atom is 0.344 e. The van der Waals surface area contributed by atoms with Crippen LogP contribution in [0.25, 0.3) is 0 Å². The van der Waals surface area contributed by atoms with Crippen molar-refractivity contribution < 1.29 is 43.6 Å². The summed E-state index contributed by atoms with van der Waals surface area (Å²) >= 11 is 0. The predicted molar refractivity (Wildman–Crippen MR) is 96.3 cm³/mol. The largest absolute Gasteiger partial charge is 0.493 e. The van der Waals surface area contributed by atoms with Crippen LogP contribution in [-0.2, 0) is 20.6 Å². The lowest BCUT2D eigenvalue weighted by molar-refractivity contribution is -0.162. The molecule has 1 aromatic rings. The third-order valence-electron chi connectivity index (χ3n) is 5.12. The molecule has 0 aliphatic rings. The Balaban J connectivity index is 3.73. The number of carboxylic acid groups (broad SMARTS) is 2. The second kappa shape index (κ2) is 8.29. The summed E-state index contributed by atoms with van der Waals surface area (Å²) in [6.07, 6.45) is -1.27. The van der Waals surface area contributed by atoms with E-state index in [1.165, 1.54) is 46.3 Å². The Morgan fingerprint density at radius 3 is 1.89 bits per heavy atom. The van der Waals surface area contributed by atoms with Crippen LogP contribution >= 0.6 is 7.60 Å². The number of hydrogen-bond donors (Lipinski definition) is 4. The lowest BCUT2D eigenvalue weighted by Gasteiger charge is -2.44. The molecule has 0 radical (unpaired) electrons. The molecule has 0 aromatic heterocycles. The molecule has 0 heterocycles. The molecule has 2 atom stereocenters. The quantitative estimate of drug-likeness (QED) is 0.430. The highest BCUT2D eigenvalue weighted by molar-refractivity contribution is 7.55. The van der Waals surface area contributed by atoms with E-state index < -0.39 is 42.9 Å². The van der Waals surface area contributed by atoms with E-state index in [0.29, 0.717) is 17.1 Å². The van der Waals surface area contributed by atoms with Gasteiger partial charge in [-0.3, -0.25) is 14.2 Å². The lowest BCUT2D eigenvalue weighted by Crippen LogP contribution is -2.58. The van der Waals surface area contributed by atoms with Crippen molar-refractivity contribution in [2.45, 2.75) is 38.3 Å². The second-order valence-corrected chi connectivity index (χ2v) is 8.02. The summed E-state index contributed by atoms with van der Waals surface area (Å²) in [6, 6.07) is 4.49. The Kier molecular flexibility index (Phi) is 7.05. The fraction of sp³-hybridized carbons (Fsp3) is 0.529. The fourth-order valence-corrected chi connectivity index (χ4v) is 5.16. The van der Waals surface area contributed by atoms with Crippen molar-refractivity contribution in [2.75, 3.05) is 14.2 Å². The summed E-state index contributed by atoms with van der Waals surface area (Å²) in [5, 5.41) is 16.9. The van der Waals surface area contributed by atoms with Gasteiger partial charge >= 0.3 is 19.5 Å². The standard InChI is InChI=1S/C17H25O9P/c1-5-16(14(18)19,17(6-2,15(20)21)27(22,23)24)10-11-7-8-12(25-3)13(9-11)26-4/h7-9H,5-6,10H2,1-4H3,(H,18,19)(H,20,21)(H2,22,23,24). The van der Waals surface area contributed by atoms with Gasteiger partial charge in [-0.05, 0) is 37.0 Å². The van der Waals surface area contributed by atoms with Gasteiger partial charge in [0.25, 0.3) is 0 Å². The molecular formula is C17H25O9P. The third-order valence-corrected chi connectivity index (χ3v) is 7.05. The minimum atomic E-state index is -5.36. The minimum absolute atomic E-state index is 0.291. The second-order valence-electron chi connectivity index (χ2n) is 6.17. The summed E-state index contributed by atoms with van der Waals surface area (Å²) in [5.74, 6) is -2.76. The van der Waals surface area contributed by atoms with E-state index in [-0.39, 0.29) is 6.42 Å². The topological polar surface area (TPSA) is 151 Å². The molecule has 0 fully saturated rings. The Morgan fingerprint density at radius 1 is 1.00 bits per heavy atom. The van der Waals surface area contributed by atoms with E-state index in [4.69, 9.17) is 9.47 Å². The molecule has 27 heavy (non-hydrogen) atoms. The van der Waals surface area contributed by atoms with Gasteiger partial charge in [0, 0.05) is 0 Å². The molecule has 1 rings (SSSR count). The SMILES string of the molecule is CCC(Cc1ccc(OC)c(OC)c1)(C(=O)O)C(CC)(C(=O)O)P(=O)(O)O. The zero-order valence-electron chi connectivity index (χ0n) is 15.6. The van der Waals surface area contributed by atoms with Gasteiger partial charge in [-0.2, -0.15) is 0 Å². The fourth-order valence-electron chi connectivity index (χ4n) is 3.61. The van der Waals surface area contributed by atoms with Crippen molar-refractivity contribution in [3.63, 3.8) is 0 Å². The van der Waals surface area contributed by atoms with Crippen molar-refractivity contribution in [1.29, 1.82) is 0 Å². The first-order valence-electron chi connectivity index (χ1n) is 8.20. The molecule has 152 valence electrons. The van der Waals surface area contributed by atoms with Gasteiger partial charge in [0.1, 0.15) is 0 Å². The van der Waals surface area contributed by atoms with Gasteiger partial charge in [-0.15, -0.1) is 0 Å². The van der Waals surface area contributed by atoms with Crippen LogP contribution in [0.2, 0.25) is 0 Å². The zero-order valence-corrected chi connectivity index (χ0v) is 16.5. The molecule has 0 aliphatic heterocycles. The van der Waals surface area contributed by atoms with Crippen molar-refractivity contribution in [1.82, 2.24) is 0 Å². The first-order chi connectivity index (χ1) is 12.5. The highest BCUT2D eigenvalue weighted by Gasteiger charge is 2.68. The van der Waals surface area contributed by atoms with E-state index in [1.807, 2.05) is 0 Å². The molecule has 0 saturated heterocycles. The Labute approximate surface area is 157 Å². The number of methoxy groups -OCH3 is 2. The smallest absolute Gasteiger partial charge is 0.344 e. The van der Waals surface area contributed by atoms with E-state index in [2.05, 4.69) is 0 Å². The molecule has 0 amide bonds. The summed E-state index contributed by atoms with van der Waals surface area (Å²) in [5.41, 5.74) is -1.89. The van der Waals surface area contributed by atoms with Crippen molar-refractivity contribution in [3.8, 4) is 11.5 Å². The summed E-state index contributed by atoms with van der Waals surface area (Å²) in [4.78, 5) is 44.0. The molecule has 1 aromatic carbocycles. The summed E-state index contributed by atoms with van der Waals surface area (Å²) in [6.45, 7) is 2.66. The van der Waals surface area contributed by atoms with Crippen LogP contribution < -0.4 is 9.47 Å². The number of ether oxygens (including phenoxy) is 2. The summed E-state index contributed by atoms with van der Waals surface area (Å²) in [7, 11) is -2.56. The van der Waals surface area contributed by atoms with Gasteiger partial charge in [-0.25, -0.2) is 0 Å². The first-order valence-corrected chi connectivity index (χ1v) is 9.82. The highest BCUT2D eigenvalue weighted by Crippen LogP contribution is 2.63. The Hall–Kier alpha value is -2.09. The van der Waals surface area contributed by atoms with Crippen LogP contribution in [0, 0.1) is 5.41 Å². The monoisotopic (exact) mass is 404 g/mol. The van der Waals surface area contributed by atoms with Crippen LogP contribution in [0.15, 0.2) is 18.2 Å². The van der Waals surface area contributed by atoms with Gasteiger partial charge in [0.05, 0.1) is 19.6 Å². The molecule has 0 aliphatic carbocycles. The first kappa shape index (κ1) is 23.0. The number of benzene rings is 1. The molecule has 2 unspecified atom stereocenters. The van der Waals surface area contributed by atoms with Crippen LogP contribution in [0.4, 0.5) is 0 Å². The van der Waals surface area contributed by atoms with Crippen molar-refractivity contribution in [3.05, 3.63) is 23.8 Å². The normalized spacial score (nSPS) is 16.1. The van der Waals surface area contributed by atoms with Crippen LogP contribution in [0.1, 0.15) is 32.3 Å². The van der Waals surface area contributed by atoms with Crippen LogP contribution in [0.3, 0.4) is 0 Å². The molecule has 10 heteroatoms. The van der Waals surface area contributed by atoms with E-state index in [0.717, 1.165) is 0 Å². The number of rotatable bonds is 10. The van der Waals surface area contributed by atoms with Crippen molar-refractivity contribution >= 4 is 19.5 Å².